The standard InChI is InChI=1S/C14H23NO/c16-14(13-8-4-5-9-13)15-11-10-12-6-2-1-3-7-12/h6,13H,1-5,7-11H2,(H,15,16). The SMILES string of the molecule is O=C(NCCC1=CCCCC1)C1CCCC1. The van der Waals surface area contributed by atoms with Crippen LogP contribution in [0.1, 0.15) is 57.8 Å². The third-order valence-electron chi connectivity index (χ3n) is 3.86. The van der Waals surface area contributed by atoms with Gasteiger partial charge < -0.3 is 5.32 Å². The maximum atomic E-state index is 11.8. The van der Waals surface area contributed by atoms with Gasteiger partial charge in [-0.1, -0.05) is 24.5 Å². The van der Waals surface area contributed by atoms with E-state index in [1.54, 1.807) is 5.57 Å². The van der Waals surface area contributed by atoms with Crippen LogP contribution in [-0.4, -0.2) is 12.5 Å². The molecule has 0 unspecified atom stereocenters. The molecule has 1 amide bonds. The van der Waals surface area contributed by atoms with E-state index in [0.29, 0.717) is 11.8 Å². The molecule has 0 aromatic heterocycles. The van der Waals surface area contributed by atoms with E-state index in [2.05, 4.69) is 11.4 Å². The van der Waals surface area contributed by atoms with Gasteiger partial charge in [0.15, 0.2) is 0 Å². The van der Waals surface area contributed by atoms with Gasteiger partial charge in [0, 0.05) is 12.5 Å². The summed E-state index contributed by atoms with van der Waals surface area (Å²) in [5, 5.41) is 3.09. The predicted molar refractivity (Wildman–Crippen MR) is 66.1 cm³/mol. The number of amides is 1. The molecule has 0 saturated heterocycles. The van der Waals surface area contributed by atoms with Gasteiger partial charge >= 0.3 is 0 Å². The molecule has 1 N–H and O–H groups in total. The van der Waals surface area contributed by atoms with Crippen molar-refractivity contribution in [3.8, 4) is 0 Å². The fourth-order valence-corrected chi connectivity index (χ4v) is 2.81. The summed E-state index contributed by atoms with van der Waals surface area (Å²) in [7, 11) is 0. The second-order valence-corrected chi connectivity index (χ2v) is 5.13. The van der Waals surface area contributed by atoms with Crippen LogP contribution in [0.25, 0.3) is 0 Å². The molecular weight excluding hydrogens is 198 g/mol. The van der Waals surface area contributed by atoms with Gasteiger partial charge in [-0.25, -0.2) is 0 Å². The highest BCUT2D eigenvalue weighted by Crippen LogP contribution is 2.24. The van der Waals surface area contributed by atoms with E-state index < -0.39 is 0 Å². The van der Waals surface area contributed by atoms with Crippen LogP contribution in [0.3, 0.4) is 0 Å². The Balaban J connectivity index is 1.63. The fourth-order valence-electron chi connectivity index (χ4n) is 2.81. The van der Waals surface area contributed by atoms with Gasteiger partial charge in [-0.05, 0) is 44.9 Å². The molecule has 0 radical (unpaired) electrons. The summed E-state index contributed by atoms with van der Waals surface area (Å²) < 4.78 is 0. The Hall–Kier alpha value is -0.790. The molecule has 0 atom stereocenters. The summed E-state index contributed by atoms with van der Waals surface area (Å²) in [5.74, 6) is 0.620. The number of rotatable bonds is 4. The number of allylic oxidation sites excluding steroid dienone is 1. The monoisotopic (exact) mass is 221 g/mol. The molecule has 2 nitrogen and oxygen atoms in total. The van der Waals surface area contributed by atoms with Crippen molar-refractivity contribution in [3.63, 3.8) is 0 Å². The number of hydrogen-bond acceptors (Lipinski definition) is 1. The molecular formula is C14H23NO. The molecule has 0 aliphatic heterocycles. The molecule has 0 heterocycles. The maximum absolute atomic E-state index is 11.8. The zero-order chi connectivity index (χ0) is 11.2. The quantitative estimate of drug-likeness (QED) is 0.726. The van der Waals surface area contributed by atoms with Gasteiger partial charge in [0.05, 0.1) is 0 Å². The van der Waals surface area contributed by atoms with Crippen LogP contribution < -0.4 is 5.32 Å². The van der Waals surface area contributed by atoms with E-state index in [9.17, 15) is 4.79 Å². The first-order valence-corrected chi connectivity index (χ1v) is 6.82. The number of nitrogens with one attached hydrogen (secondary N) is 1. The summed E-state index contributed by atoms with van der Waals surface area (Å²) in [4.78, 5) is 11.8. The van der Waals surface area contributed by atoms with Crippen molar-refractivity contribution >= 4 is 5.91 Å². The van der Waals surface area contributed by atoms with E-state index in [1.165, 1.54) is 38.5 Å². The molecule has 0 aromatic rings. The number of carbonyl (C=O) groups excluding carboxylic acids is 1. The fraction of sp³-hybridized carbons (Fsp3) is 0.786. The third kappa shape index (κ3) is 3.36. The van der Waals surface area contributed by atoms with Crippen molar-refractivity contribution in [2.24, 2.45) is 5.92 Å². The molecule has 1 saturated carbocycles. The van der Waals surface area contributed by atoms with E-state index >= 15 is 0 Å². The van der Waals surface area contributed by atoms with Crippen molar-refractivity contribution in [2.75, 3.05) is 6.54 Å². The van der Waals surface area contributed by atoms with Crippen LogP contribution in [0, 0.1) is 5.92 Å². The molecule has 1 fully saturated rings. The van der Waals surface area contributed by atoms with Gasteiger partial charge in [0.2, 0.25) is 5.91 Å². The molecule has 0 bridgehead atoms. The molecule has 90 valence electrons. The van der Waals surface area contributed by atoms with E-state index in [0.717, 1.165) is 25.8 Å². The van der Waals surface area contributed by atoms with Crippen molar-refractivity contribution in [1.29, 1.82) is 0 Å². The lowest BCUT2D eigenvalue weighted by Gasteiger charge is -2.14. The summed E-state index contributed by atoms with van der Waals surface area (Å²) in [6, 6.07) is 0. The third-order valence-corrected chi connectivity index (χ3v) is 3.86. The average molecular weight is 221 g/mol. The van der Waals surface area contributed by atoms with Crippen LogP contribution in [0.2, 0.25) is 0 Å². The smallest absolute Gasteiger partial charge is 0.223 e. The Labute approximate surface area is 98.5 Å². The van der Waals surface area contributed by atoms with E-state index in [4.69, 9.17) is 0 Å². The zero-order valence-corrected chi connectivity index (χ0v) is 10.1. The largest absolute Gasteiger partial charge is 0.356 e. The van der Waals surface area contributed by atoms with Crippen LogP contribution in [0.5, 0.6) is 0 Å². The first-order valence-electron chi connectivity index (χ1n) is 6.82. The first kappa shape index (κ1) is 11.7. The first-order chi connectivity index (χ1) is 7.86. The number of carbonyl (C=O) groups is 1. The highest BCUT2D eigenvalue weighted by Gasteiger charge is 2.21. The lowest BCUT2D eigenvalue weighted by molar-refractivity contribution is -0.124. The predicted octanol–water partition coefficient (Wildman–Crippen LogP) is 3.18. The van der Waals surface area contributed by atoms with Crippen molar-refractivity contribution in [2.45, 2.75) is 57.8 Å². The van der Waals surface area contributed by atoms with Gasteiger partial charge in [0.1, 0.15) is 0 Å². The molecule has 0 spiro atoms. The van der Waals surface area contributed by atoms with Crippen molar-refractivity contribution < 1.29 is 4.79 Å². The average Bonchev–Trinajstić information content (AvgIpc) is 2.84. The molecule has 16 heavy (non-hydrogen) atoms. The number of hydrogen-bond donors (Lipinski definition) is 1. The minimum Gasteiger partial charge on any atom is -0.356 e. The Bertz CT molecular complexity index is 264. The lowest BCUT2D eigenvalue weighted by atomic mass is 9.97. The van der Waals surface area contributed by atoms with Gasteiger partial charge in [0.25, 0.3) is 0 Å². The topological polar surface area (TPSA) is 29.1 Å². The summed E-state index contributed by atoms with van der Waals surface area (Å²) >= 11 is 0. The van der Waals surface area contributed by atoms with Crippen LogP contribution in [-0.2, 0) is 4.79 Å². The van der Waals surface area contributed by atoms with Crippen LogP contribution in [0.4, 0.5) is 0 Å². The highest BCUT2D eigenvalue weighted by atomic mass is 16.1. The highest BCUT2D eigenvalue weighted by molar-refractivity contribution is 5.78. The zero-order valence-electron chi connectivity index (χ0n) is 10.1. The summed E-state index contributed by atoms with van der Waals surface area (Å²) in [5.41, 5.74) is 1.55. The molecule has 2 rings (SSSR count). The minimum absolute atomic E-state index is 0.300. The Morgan fingerprint density at radius 3 is 2.75 bits per heavy atom. The second kappa shape index (κ2) is 6.07. The summed E-state index contributed by atoms with van der Waals surface area (Å²) in [6.07, 6.45) is 13.3. The minimum atomic E-state index is 0.300. The Kier molecular flexibility index (Phi) is 4.44. The Morgan fingerprint density at radius 1 is 1.25 bits per heavy atom. The van der Waals surface area contributed by atoms with Crippen molar-refractivity contribution in [1.82, 2.24) is 5.32 Å². The molecule has 0 aromatic carbocycles. The second-order valence-electron chi connectivity index (χ2n) is 5.13. The Morgan fingerprint density at radius 2 is 2.06 bits per heavy atom. The van der Waals surface area contributed by atoms with Gasteiger partial charge in [-0.2, -0.15) is 0 Å². The lowest BCUT2D eigenvalue weighted by Crippen LogP contribution is -2.30. The van der Waals surface area contributed by atoms with Gasteiger partial charge in [-0.15, -0.1) is 0 Å². The maximum Gasteiger partial charge on any atom is 0.223 e. The molecule has 2 aliphatic rings. The van der Waals surface area contributed by atoms with E-state index in [1.807, 2.05) is 0 Å². The van der Waals surface area contributed by atoms with E-state index in [-0.39, 0.29) is 0 Å². The van der Waals surface area contributed by atoms with Crippen molar-refractivity contribution in [3.05, 3.63) is 11.6 Å². The van der Waals surface area contributed by atoms with Gasteiger partial charge in [-0.3, -0.25) is 4.79 Å². The summed E-state index contributed by atoms with van der Waals surface area (Å²) in [6.45, 7) is 0.848. The van der Waals surface area contributed by atoms with Crippen LogP contribution >= 0.6 is 0 Å². The normalized spacial score (nSPS) is 21.9. The van der Waals surface area contributed by atoms with Crippen LogP contribution in [0.15, 0.2) is 11.6 Å². The molecule has 2 aliphatic carbocycles. The molecule has 2 heteroatoms.